The minimum absolute atomic E-state index is 0.201. The van der Waals surface area contributed by atoms with Crippen molar-refractivity contribution in [3.63, 3.8) is 0 Å². The molecule has 0 aromatic rings. The summed E-state index contributed by atoms with van der Waals surface area (Å²) < 4.78 is 0. The number of piperidine rings is 1. The van der Waals surface area contributed by atoms with Gasteiger partial charge in [0, 0.05) is 12.0 Å². The lowest BCUT2D eigenvalue weighted by Crippen LogP contribution is -2.35. The van der Waals surface area contributed by atoms with E-state index in [4.69, 9.17) is 0 Å². The molecule has 48 valence electrons. The van der Waals surface area contributed by atoms with Crippen molar-refractivity contribution in [3.05, 3.63) is 12.2 Å². The maximum absolute atomic E-state index is 10.6. The van der Waals surface area contributed by atoms with E-state index in [1.165, 1.54) is 0 Å². The van der Waals surface area contributed by atoms with E-state index in [1.54, 1.807) is 0 Å². The second-order valence-corrected chi connectivity index (χ2v) is 1.98. The van der Waals surface area contributed by atoms with Crippen molar-refractivity contribution in [2.45, 2.75) is 12.8 Å². The summed E-state index contributed by atoms with van der Waals surface area (Å²) in [6, 6.07) is 0. The Balaban J connectivity index is 2.64. The van der Waals surface area contributed by atoms with Gasteiger partial charge in [0.15, 0.2) is 0 Å². The largest absolute Gasteiger partial charge is 0.293 e. The Morgan fingerprint density at radius 2 is 2.00 bits per heavy atom. The highest BCUT2D eigenvalue weighted by molar-refractivity contribution is 6.06. The van der Waals surface area contributed by atoms with Crippen LogP contribution in [0.25, 0.3) is 0 Å². The maximum Gasteiger partial charge on any atom is 0.253 e. The summed E-state index contributed by atoms with van der Waals surface area (Å²) in [5.41, 5.74) is 0.495. The topological polar surface area (TPSA) is 46.2 Å². The molecule has 0 aromatic heterocycles. The molecule has 1 N–H and O–H groups in total. The van der Waals surface area contributed by atoms with Gasteiger partial charge in [-0.15, -0.1) is 0 Å². The molecule has 1 heterocycles. The Bertz CT molecular complexity index is 183. The van der Waals surface area contributed by atoms with Crippen LogP contribution in [-0.4, -0.2) is 11.8 Å². The highest BCUT2D eigenvalue weighted by Gasteiger charge is 2.17. The quantitative estimate of drug-likeness (QED) is 0.365. The van der Waals surface area contributed by atoms with Gasteiger partial charge >= 0.3 is 0 Å². The zero-order valence-corrected chi connectivity index (χ0v) is 4.94. The van der Waals surface area contributed by atoms with Crippen LogP contribution < -0.4 is 5.32 Å². The third-order valence-electron chi connectivity index (χ3n) is 1.23. The normalized spacial score (nSPS) is 19.8. The predicted octanol–water partition coefficient (Wildman–Crippen LogP) is -0.0208. The molecule has 0 aliphatic carbocycles. The fourth-order valence-electron chi connectivity index (χ4n) is 0.655. The van der Waals surface area contributed by atoms with Crippen molar-refractivity contribution < 1.29 is 9.59 Å². The van der Waals surface area contributed by atoms with Gasteiger partial charge in [-0.2, -0.15) is 0 Å². The minimum Gasteiger partial charge on any atom is -0.293 e. The van der Waals surface area contributed by atoms with Gasteiger partial charge in [-0.1, -0.05) is 6.58 Å². The second-order valence-electron chi connectivity index (χ2n) is 1.98. The number of carbonyl (C=O) groups is 2. The summed E-state index contributed by atoms with van der Waals surface area (Å²) in [5, 5.41) is 2.15. The van der Waals surface area contributed by atoms with Gasteiger partial charge in [0.05, 0.1) is 0 Å². The zero-order chi connectivity index (χ0) is 6.85. The summed E-state index contributed by atoms with van der Waals surface area (Å²) in [7, 11) is 0. The Morgan fingerprint density at radius 3 is 2.44 bits per heavy atom. The molecule has 0 bridgehead atoms. The standard InChI is InChI=1S/C6H7NO2/c1-4-2-3-5(8)7-6(4)9/h1-3H2,(H,7,8,9). The summed E-state index contributed by atoms with van der Waals surface area (Å²) in [5.74, 6) is -0.529. The monoisotopic (exact) mass is 125 g/mol. The molecule has 1 saturated heterocycles. The first-order chi connectivity index (χ1) is 4.20. The zero-order valence-electron chi connectivity index (χ0n) is 4.94. The predicted molar refractivity (Wildman–Crippen MR) is 31.5 cm³/mol. The molecule has 0 spiro atoms. The first-order valence-electron chi connectivity index (χ1n) is 2.72. The van der Waals surface area contributed by atoms with Crippen molar-refractivity contribution in [1.29, 1.82) is 0 Å². The molecule has 0 aromatic carbocycles. The smallest absolute Gasteiger partial charge is 0.253 e. The van der Waals surface area contributed by atoms with Crippen LogP contribution in [0.3, 0.4) is 0 Å². The first kappa shape index (κ1) is 6.01. The highest BCUT2D eigenvalue weighted by Crippen LogP contribution is 2.06. The molecule has 0 unspecified atom stereocenters. The fourth-order valence-corrected chi connectivity index (χ4v) is 0.655. The molecule has 2 amide bonds. The van der Waals surface area contributed by atoms with Crippen LogP contribution in [0.5, 0.6) is 0 Å². The number of amides is 2. The van der Waals surface area contributed by atoms with E-state index >= 15 is 0 Å². The Hall–Kier alpha value is -1.12. The first-order valence-corrected chi connectivity index (χ1v) is 2.72. The van der Waals surface area contributed by atoms with Crippen LogP contribution >= 0.6 is 0 Å². The van der Waals surface area contributed by atoms with Crippen LogP contribution in [0.4, 0.5) is 0 Å². The van der Waals surface area contributed by atoms with E-state index in [0.29, 0.717) is 18.4 Å². The van der Waals surface area contributed by atoms with Crippen molar-refractivity contribution >= 4 is 11.8 Å². The number of hydrogen-bond acceptors (Lipinski definition) is 2. The van der Waals surface area contributed by atoms with Gasteiger partial charge in [-0.3, -0.25) is 14.9 Å². The van der Waals surface area contributed by atoms with Gasteiger partial charge in [-0.05, 0) is 6.42 Å². The SMILES string of the molecule is C=C1CCC(=O)NC1=O. The number of carbonyl (C=O) groups excluding carboxylic acids is 2. The molecule has 0 atom stereocenters. The molecule has 9 heavy (non-hydrogen) atoms. The third kappa shape index (κ3) is 1.16. The maximum atomic E-state index is 10.6. The molecule has 1 aliphatic heterocycles. The molecule has 1 rings (SSSR count). The van der Waals surface area contributed by atoms with E-state index in [2.05, 4.69) is 11.9 Å². The number of hydrogen-bond donors (Lipinski definition) is 1. The van der Waals surface area contributed by atoms with E-state index in [-0.39, 0.29) is 11.8 Å². The van der Waals surface area contributed by atoms with E-state index in [0.717, 1.165) is 0 Å². The van der Waals surface area contributed by atoms with Gasteiger partial charge in [0.1, 0.15) is 0 Å². The van der Waals surface area contributed by atoms with Gasteiger partial charge in [-0.25, -0.2) is 0 Å². The number of rotatable bonds is 0. The van der Waals surface area contributed by atoms with E-state index in [9.17, 15) is 9.59 Å². The molecule has 0 radical (unpaired) electrons. The Labute approximate surface area is 52.7 Å². The summed E-state index contributed by atoms with van der Waals surface area (Å²) >= 11 is 0. The molecule has 0 saturated carbocycles. The van der Waals surface area contributed by atoms with Gasteiger partial charge < -0.3 is 0 Å². The second kappa shape index (κ2) is 2.01. The molecule has 3 heteroatoms. The average molecular weight is 125 g/mol. The van der Waals surface area contributed by atoms with Crippen molar-refractivity contribution in [2.24, 2.45) is 0 Å². The molecule has 1 aliphatic rings. The molecular formula is C6H7NO2. The lowest BCUT2D eigenvalue weighted by Gasteiger charge is -2.10. The summed E-state index contributed by atoms with van der Waals surface area (Å²) in [6.07, 6.45) is 0.898. The van der Waals surface area contributed by atoms with E-state index < -0.39 is 0 Å². The lowest BCUT2D eigenvalue weighted by atomic mass is 10.1. The lowest BCUT2D eigenvalue weighted by molar-refractivity contribution is -0.130. The highest BCUT2D eigenvalue weighted by atomic mass is 16.2. The van der Waals surface area contributed by atoms with Crippen molar-refractivity contribution in [1.82, 2.24) is 5.32 Å². The van der Waals surface area contributed by atoms with Crippen LogP contribution in [0, 0.1) is 0 Å². The van der Waals surface area contributed by atoms with Crippen LogP contribution in [-0.2, 0) is 9.59 Å². The Kier molecular flexibility index (Phi) is 1.34. The molecule has 3 nitrogen and oxygen atoms in total. The van der Waals surface area contributed by atoms with E-state index in [1.807, 2.05) is 0 Å². The van der Waals surface area contributed by atoms with Crippen LogP contribution in [0.15, 0.2) is 12.2 Å². The third-order valence-corrected chi connectivity index (χ3v) is 1.23. The van der Waals surface area contributed by atoms with Gasteiger partial charge in [0.25, 0.3) is 5.91 Å². The minimum atomic E-state index is -0.328. The number of nitrogens with one attached hydrogen (secondary N) is 1. The van der Waals surface area contributed by atoms with Crippen molar-refractivity contribution in [2.75, 3.05) is 0 Å². The molecule has 1 fully saturated rings. The molecular weight excluding hydrogens is 118 g/mol. The van der Waals surface area contributed by atoms with Crippen LogP contribution in [0.1, 0.15) is 12.8 Å². The van der Waals surface area contributed by atoms with Gasteiger partial charge in [0.2, 0.25) is 5.91 Å². The fraction of sp³-hybridized carbons (Fsp3) is 0.333. The van der Waals surface area contributed by atoms with Crippen LogP contribution in [0.2, 0.25) is 0 Å². The average Bonchev–Trinajstić information content (AvgIpc) is 1.80. The van der Waals surface area contributed by atoms with Crippen molar-refractivity contribution in [3.8, 4) is 0 Å². The summed E-state index contributed by atoms with van der Waals surface area (Å²) in [6.45, 7) is 3.47. The summed E-state index contributed by atoms with van der Waals surface area (Å²) in [4.78, 5) is 21.0. The Morgan fingerprint density at radius 1 is 1.33 bits per heavy atom. The number of imide groups is 1.